The summed E-state index contributed by atoms with van der Waals surface area (Å²) in [6.07, 6.45) is 4.16. The second-order valence-corrected chi connectivity index (χ2v) is 5.16. The Morgan fingerprint density at radius 3 is 2.58 bits per heavy atom. The molecule has 0 saturated heterocycles. The van der Waals surface area contributed by atoms with E-state index >= 15 is 0 Å². The van der Waals surface area contributed by atoms with E-state index in [4.69, 9.17) is 4.74 Å². The highest BCUT2D eigenvalue weighted by Gasteiger charge is 2.08. The molecule has 3 rings (SSSR count). The zero-order valence-electron chi connectivity index (χ0n) is 13.5. The molecule has 1 aromatic carbocycles. The maximum absolute atomic E-state index is 13.6. The molecule has 0 aliphatic carbocycles. The standard InChI is InChI=1S/C18H17FN4O/c1-3-14-11-17(21-15-8-13(19)9-16(10-15)24-2)23-18(22-14)12-4-6-20-7-5-12/h4-11H,3H2,1-2H3,(H,21,22,23). The molecular formula is C18H17FN4O. The van der Waals surface area contributed by atoms with Crippen molar-refractivity contribution in [3.63, 3.8) is 0 Å². The predicted octanol–water partition coefficient (Wildman–Crippen LogP) is 3.99. The third-order valence-electron chi connectivity index (χ3n) is 3.46. The average Bonchev–Trinajstić information content (AvgIpc) is 2.61. The summed E-state index contributed by atoms with van der Waals surface area (Å²) < 4.78 is 18.7. The molecule has 0 amide bonds. The molecule has 3 aromatic rings. The highest BCUT2D eigenvalue weighted by Crippen LogP contribution is 2.24. The highest BCUT2D eigenvalue weighted by molar-refractivity contribution is 5.62. The van der Waals surface area contributed by atoms with Crippen LogP contribution in [0.1, 0.15) is 12.6 Å². The van der Waals surface area contributed by atoms with E-state index in [9.17, 15) is 4.39 Å². The van der Waals surface area contributed by atoms with Gasteiger partial charge >= 0.3 is 0 Å². The molecule has 24 heavy (non-hydrogen) atoms. The molecule has 0 fully saturated rings. The Hall–Kier alpha value is -3.02. The molecule has 0 bridgehead atoms. The van der Waals surface area contributed by atoms with Crippen molar-refractivity contribution in [3.8, 4) is 17.1 Å². The Bertz CT molecular complexity index is 840. The Kier molecular flexibility index (Phi) is 4.65. The van der Waals surface area contributed by atoms with Gasteiger partial charge in [-0.3, -0.25) is 4.98 Å². The van der Waals surface area contributed by atoms with Crippen molar-refractivity contribution in [2.75, 3.05) is 12.4 Å². The number of aromatic nitrogens is 3. The molecule has 6 heteroatoms. The maximum atomic E-state index is 13.6. The summed E-state index contributed by atoms with van der Waals surface area (Å²) in [5, 5.41) is 3.12. The molecule has 0 unspecified atom stereocenters. The van der Waals surface area contributed by atoms with Crippen LogP contribution in [0.15, 0.2) is 48.8 Å². The highest BCUT2D eigenvalue weighted by atomic mass is 19.1. The first-order valence-electron chi connectivity index (χ1n) is 7.58. The first-order chi connectivity index (χ1) is 11.7. The number of halogens is 1. The third kappa shape index (κ3) is 3.65. The van der Waals surface area contributed by atoms with Gasteiger partial charge in [-0.2, -0.15) is 0 Å². The first-order valence-corrected chi connectivity index (χ1v) is 7.58. The number of ether oxygens (including phenoxy) is 1. The number of aryl methyl sites for hydroxylation is 1. The third-order valence-corrected chi connectivity index (χ3v) is 3.46. The van der Waals surface area contributed by atoms with Crippen molar-refractivity contribution in [3.05, 3.63) is 60.3 Å². The smallest absolute Gasteiger partial charge is 0.161 e. The lowest BCUT2D eigenvalue weighted by molar-refractivity contribution is 0.411. The van der Waals surface area contributed by atoms with Crippen LogP contribution in [-0.2, 0) is 6.42 Å². The van der Waals surface area contributed by atoms with E-state index in [1.54, 1.807) is 18.5 Å². The lowest BCUT2D eigenvalue weighted by atomic mass is 10.2. The van der Waals surface area contributed by atoms with E-state index in [1.165, 1.54) is 19.2 Å². The van der Waals surface area contributed by atoms with Gasteiger partial charge in [-0.15, -0.1) is 0 Å². The summed E-state index contributed by atoms with van der Waals surface area (Å²) >= 11 is 0. The monoisotopic (exact) mass is 324 g/mol. The van der Waals surface area contributed by atoms with Gasteiger partial charge in [0.05, 0.1) is 7.11 Å². The van der Waals surface area contributed by atoms with Crippen molar-refractivity contribution in [2.45, 2.75) is 13.3 Å². The second kappa shape index (κ2) is 7.04. The number of nitrogens with one attached hydrogen (secondary N) is 1. The van der Waals surface area contributed by atoms with Gasteiger partial charge in [0.15, 0.2) is 5.82 Å². The molecule has 122 valence electrons. The summed E-state index contributed by atoms with van der Waals surface area (Å²) in [7, 11) is 1.50. The van der Waals surface area contributed by atoms with Crippen molar-refractivity contribution < 1.29 is 9.13 Å². The number of methoxy groups -OCH3 is 1. The molecule has 1 N–H and O–H groups in total. The molecule has 0 aliphatic heterocycles. The number of benzene rings is 1. The van der Waals surface area contributed by atoms with E-state index in [2.05, 4.69) is 20.3 Å². The number of hydrogen-bond donors (Lipinski definition) is 1. The van der Waals surface area contributed by atoms with Crippen molar-refractivity contribution in [1.82, 2.24) is 15.0 Å². The lowest BCUT2D eigenvalue weighted by Gasteiger charge is -2.11. The quantitative estimate of drug-likeness (QED) is 0.769. The van der Waals surface area contributed by atoms with Crippen LogP contribution in [0, 0.1) is 5.82 Å². The van der Waals surface area contributed by atoms with Gasteiger partial charge in [0.25, 0.3) is 0 Å². The second-order valence-electron chi connectivity index (χ2n) is 5.16. The van der Waals surface area contributed by atoms with Crippen molar-refractivity contribution in [1.29, 1.82) is 0 Å². The fourth-order valence-corrected chi connectivity index (χ4v) is 2.27. The van der Waals surface area contributed by atoms with Crippen LogP contribution < -0.4 is 10.1 Å². The van der Waals surface area contributed by atoms with Gasteiger partial charge in [0, 0.05) is 47.5 Å². The van der Waals surface area contributed by atoms with Crippen molar-refractivity contribution in [2.24, 2.45) is 0 Å². The fourth-order valence-electron chi connectivity index (χ4n) is 2.27. The maximum Gasteiger partial charge on any atom is 0.161 e. The Labute approximate surface area is 139 Å². The van der Waals surface area contributed by atoms with Gasteiger partial charge in [-0.25, -0.2) is 14.4 Å². The first kappa shape index (κ1) is 15.9. The number of nitrogens with zero attached hydrogens (tertiary/aromatic N) is 3. The van der Waals surface area contributed by atoms with Crippen LogP contribution >= 0.6 is 0 Å². The molecule has 0 atom stereocenters. The SMILES string of the molecule is CCc1cc(Nc2cc(F)cc(OC)c2)nc(-c2ccncc2)n1. The molecule has 0 spiro atoms. The zero-order valence-corrected chi connectivity index (χ0v) is 13.5. The predicted molar refractivity (Wildman–Crippen MR) is 90.9 cm³/mol. The van der Waals surface area contributed by atoms with E-state index in [0.717, 1.165) is 17.7 Å². The van der Waals surface area contributed by atoms with E-state index < -0.39 is 0 Å². The summed E-state index contributed by atoms with van der Waals surface area (Å²) in [5.74, 6) is 1.26. The normalized spacial score (nSPS) is 10.5. The van der Waals surface area contributed by atoms with Gasteiger partial charge in [-0.05, 0) is 24.6 Å². The fraction of sp³-hybridized carbons (Fsp3) is 0.167. The lowest BCUT2D eigenvalue weighted by Crippen LogP contribution is -2.01. The van der Waals surface area contributed by atoms with E-state index in [1.807, 2.05) is 25.1 Å². The summed E-state index contributed by atoms with van der Waals surface area (Å²) in [6.45, 7) is 2.02. The molecule has 0 saturated carbocycles. The van der Waals surface area contributed by atoms with Crippen LogP contribution in [0.3, 0.4) is 0 Å². The Morgan fingerprint density at radius 2 is 1.88 bits per heavy atom. The van der Waals surface area contributed by atoms with Crippen LogP contribution in [-0.4, -0.2) is 22.1 Å². The average molecular weight is 324 g/mol. The number of anilines is 2. The molecular weight excluding hydrogens is 307 g/mol. The van der Waals surface area contributed by atoms with Gasteiger partial charge in [-0.1, -0.05) is 6.92 Å². The Morgan fingerprint density at radius 1 is 1.08 bits per heavy atom. The minimum Gasteiger partial charge on any atom is -0.497 e. The summed E-state index contributed by atoms with van der Waals surface area (Å²) in [6, 6.07) is 9.98. The molecule has 0 radical (unpaired) electrons. The van der Waals surface area contributed by atoms with Crippen LogP contribution in [0.25, 0.3) is 11.4 Å². The molecule has 0 aliphatic rings. The number of hydrogen-bond acceptors (Lipinski definition) is 5. The topological polar surface area (TPSA) is 59.9 Å². The van der Waals surface area contributed by atoms with E-state index in [0.29, 0.717) is 23.1 Å². The summed E-state index contributed by atoms with van der Waals surface area (Å²) in [4.78, 5) is 13.1. The zero-order chi connectivity index (χ0) is 16.9. The van der Waals surface area contributed by atoms with Gasteiger partial charge < -0.3 is 10.1 Å². The van der Waals surface area contributed by atoms with Crippen LogP contribution in [0.4, 0.5) is 15.9 Å². The summed E-state index contributed by atoms with van der Waals surface area (Å²) in [5.41, 5.74) is 2.33. The number of rotatable bonds is 5. The van der Waals surface area contributed by atoms with E-state index in [-0.39, 0.29) is 5.82 Å². The largest absolute Gasteiger partial charge is 0.497 e. The minimum absolute atomic E-state index is 0.379. The van der Waals surface area contributed by atoms with Crippen LogP contribution in [0.2, 0.25) is 0 Å². The Balaban J connectivity index is 1.97. The molecule has 2 heterocycles. The van der Waals surface area contributed by atoms with Gasteiger partial charge in [0.1, 0.15) is 17.4 Å². The molecule has 5 nitrogen and oxygen atoms in total. The van der Waals surface area contributed by atoms with Gasteiger partial charge in [0.2, 0.25) is 0 Å². The van der Waals surface area contributed by atoms with Crippen LogP contribution in [0.5, 0.6) is 5.75 Å². The van der Waals surface area contributed by atoms with Crippen molar-refractivity contribution >= 4 is 11.5 Å². The molecule has 2 aromatic heterocycles. The minimum atomic E-state index is -0.379. The number of pyridine rings is 1.